The summed E-state index contributed by atoms with van der Waals surface area (Å²) in [6, 6.07) is 16.7. The molecule has 0 atom stereocenters. The Morgan fingerprint density at radius 2 is 1.39 bits per heavy atom. The van der Waals surface area contributed by atoms with Crippen LogP contribution in [0.25, 0.3) is 17.2 Å². The Balaban J connectivity index is 2.22. The summed E-state index contributed by atoms with van der Waals surface area (Å²) in [5, 5.41) is 0. The molecule has 90 valence electrons. The average Bonchev–Trinajstić information content (AvgIpc) is 2.38. The lowest BCUT2D eigenvalue weighted by molar-refractivity contribution is -0.112. The van der Waals surface area contributed by atoms with Crippen LogP contribution in [0, 0.1) is 6.92 Å². The lowest BCUT2D eigenvalue weighted by Crippen LogP contribution is -1.81. The molecule has 0 saturated carbocycles. The topological polar surface area (TPSA) is 17.1 Å². The molecule has 0 fully saturated rings. The average molecular weight is 236 g/mol. The molecule has 2 aromatic carbocycles. The Morgan fingerprint density at radius 1 is 0.889 bits per heavy atom. The predicted molar refractivity (Wildman–Crippen MR) is 76.3 cm³/mol. The first-order valence-electron chi connectivity index (χ1n) is 6.01. The minimum Gasteiger partial charge on any atom is -0.295 e. The lowest BCUT2D eigenvalue weighted by atomic mass is 10.0. The Kier molecular flexibility index (Phi) is 3.73. The third-order valence-corrected chi connectivity index (χ3v) is 2.81. The zero-order chi connectivity index (χ0) is 13.0. The number of carbonyl (C=O) groups is 1. The van der Waals surface area contributed by atoms with Gasteiger partial charge in [0.05, 0.1) is 0 Å². The minimum absolute atomic E-state index is 0.0672. The monoisotopic (exact) mass is 236 g/mol. The van der Waals surface area contributed by atoms with Gasteiger partial charge in [0.1, 0.15) is 0 Å². The van der Waals surface area contributed by atoms with Crippen LogP contribution < -0.4 is 0 Å². The van der Waals surface area contributed by atoms with Gasteiger partial charge in [-0.1, -0.05) is 60.2 Å². The molecule has 0 unspecified atom stereocenters. The van der Waals surface area contributed by atoms with Gasteiger partial charge in [0.2, 0.25) is 0 Å². The summed E-state index contributed by atoms with van der Waals surface area (Å²) >= 11 is 0. The van der Waals surface area contributed by atoms with Crippen LogP contribution in [0.1, 0.15) is 18.1 Å². The number of allylic oxidation sites excluding steroid dienone is 1. The van der Waals surface area contributed by atoms with Crippen LogP contribution >= 0.6 is 0 Å². The number of hydrogen-bond acceptors (Lipinski definition) is 1. The Labute approximate surface area is 108 Å². The number of ketones is 1. The molecular formula is C17H16O. The standard InChI is InChI=1S/C17H16O/c1-13-3-9-16(10-4-13)17-11-7-15(8-12-17)6-5-14(2)18/h3-12H,1-2H3. The fourth-order valence-corrected chi connectivity index (χ4v) is 1.75. The van der Waals surface area contributed by atoms with E-state index in [9.17, 15) is 4.79 Å². The highest BCUT2D eigenvalue weighted by Crippen LogP contribution is 2.20. The number of carbonyl (C=O) groups excluding carboxylic acids is 1. The first kappa shape index (κ1) is 12.3. The van der Waals surface area contributed by atoms with E-state index in [2.05, 4.69) is 43.3 Å². The zero-order valence-corrected chi connectivity index (χ0v) is 10.7. The molecule has 2 aromatic rings. The zero-order valence-electron chi connectivity index (χ0n) is 10.7. The van der Waals surface area contributed by atoms with Crippen molar-refractivity contribution in [2.45, 2.75) is 13.8 Å². The fourth-order valence-electron chi connectivity index (χ4n) is 1.75. The second-order valence-electron chi connectivity index (χ2n) is 4.43. The highest BCUT2D eigenvalue weighted by Gasteiger charge is 1.96. The minimum atomic E-state index is 0.0672. The quantitative estimate of drug-likeness (QED) is 0.727. The summed E-state index contributed by atoms with van der Waals surface area (Å²) in [7, 11) is 0. The van der Waals surface area contributed by atoms with Crippen molar-refractivity contribution < 1.29 is 4.79 Å². The summed E-state index contributed by atoms with van der Waals surface area (Å²) in [5.41, 5.74) is 4.71. The number of aryl methyl sites for hydroxylation is 1. The second kappa shape index (κ2) is 5.46. The normalized spacial score (nSPS) is 10.8. The summed E-state index contributed by atoms with van der Waals surface area (Å²) in [5.74, 6) is 0.0672. The van der Waals surface area contributed by atoms with E-state index in [4.69, 9.17) is 0 Å². The maximum atomic E-state index is 10.9. The van der Waals surface area contributed by atoms with E-state index in [1.54, 1.807) is 13.0 Å². The van der Waals surface area contributed by atoms with E-state index < -0.39 is 0 Å². The molecule has 0 bridgehead atoms. The smallest absolute Gasteiger partial charge is 0.152 e. The van der Waals surface area contributed by atoms with E-state index >= 15 is 0 Å². The molecule has 0 aliphatic carbocycles. The van der Waals surface area contributed by atoms with E-state index in [1.165, 1.54) is 16.7 Å². The molecule has 1 heteroatoms. The van der Waals surface area contributed by atoms with Crippen molar-refractivity contribution in [3.63, 3.8) is 0 Å². The van der Waals surface area contributed by atoms with Crippen LogP contribution in [0.15, 0.2) is 54.6 Å². The van der Waals surface area contributed by atoms with Crippen molar-refractivity contribution in [2.24, 2.45) is 0 Å². The fraction of sp³-hybridized carbons (Fsp3) is 0.118. The van der Waals surface area contributed by atoms with Crippen molar-refractivity contribution in [2.75, 3.05) is 0 Å². The highest BCUT2D eigenvalue weighted by atomic mass is 16.1. The SMILES string of the molecule is CC(=O)C=Cc1ccc(-c2ccc(C)cc2)cc1. The van der Waals surface area contributed by atoms with Gasteiger partial charge in [0.15, 0.2) is 5.78 Å². The molecule has 2 rings (SSSR count). The van der Waals surface area contributed by atoms with Crippen LogP contribution in [-0.2, 0) is 4.79 Å². The van der Waals surface area contributed by atoms with Gasteiger partial charge in [-0.25, -0.2) is 0 Å². The first-order valence-corrected chi connectivity index (χ1v) is 6.01. The predicted octanol–water partition coefficient (Wildman–Crippen LogP) is 4.26. The molecule has 1 nitrogen and oxygen atoms in total. The third kappa shape index (κ3) is 3.17. The Bertz CT molecular complexity index is 560. The van der Waals surface area contributed by atoms with Gasteiger partial charge in [-0.3, -0.25) is 4.79 Å². The van der Waals surface area contributed by atoms with Gasteiger partial charge in [-0.05, 0) is 36.6 Å². The number of hydrogen-bond donors (Lipinski definition) is 0. The van der Waals surface area contributed by atoms with E-state index in [-0.39, 0.29) is 5.78 Å². The number of benzene rings is 2. The van der Waals surface area contributed by atoms with Gasteiger partial charge in [-0.15, -0.1) is 0 Å². The molecule has 0 radical (unpaired) electrons. The Morgan fingerprint density at radius 3 is 1.89 bits per heavy atom. The first-order chi connectivity index (χ1) is 8.65. The van der Waals surface area contributed by atoms with Crippen molar-refractivity contribution in [3.05, 3.63) is 65.7 Å². The number of rotatable bonds is 3. The van der Waals surface area contributed by atoms with Crippen molar-refractivity contribution in [1.82, 2.24) is 0 Å². The largest absolute Gasteiger partial charge is 0.295 e. The summed E-state index contributed by atoms with van der Waals surface area (Å²) in [6.45, 7) is 3.64. The highest BCUT2D eigenvalue weighted by molar-refractivity contribution is 5.91. The van der Waals surface area contributed by atoms with Crippen LogP contribution in [-0.4, -0.2) is 5.78 Å². The van der Waals surface area contributed by atoms with Gasteiger partial charge in [0.25, 0.3) is 0 Å². The maximum Gasteiger partial charge on any atom is 0.152 e. The van der Waals surface area contributed by atoms with Gasteiger partial charge in [-0.2, -0.15) is 0 Å². The van der Waals surface area contributed by atoms with Crippen LogP contribution in [0.2, 0.25) is 0 Å². The van der Waals surface area contributed by atoms with Crippen LogP contribution in [0.3, 0.4) is 0 Å². The maximum absolute atomic E-state index is 10.9. The molecule has 0 heterocycles. The van der Waals surface area contributed by atoms with Gasteiger partial charge < -0.3 is 0 Å². The molecule has 0 N–H and O–H groups in total. The van der Waals surface area contributed by atoms with Crippen molar-refractivity contribution in [3.8, 4) is 11.1 Å². The third-order valence-electron chi connectivity index (χ3n) is 2.81. The van der Waals surface area contributed by atoms with Gasteiger partial charge in [0, 0.05) is 0 Å². The van der Waals surface area contributed by atoms with Crippen LogP contribution in [0.4, 0.5) is 0 Å². The molecule has 0 aliphatic rings. The Hall–Kier alpha value is -2.15. The summed E-state index contributed by atoms with van der Waals surface area (Å²) < 4.78 is 0. The summed E-state index contributed by atoms with van der Waals surface area (Å²) in [6.07, 6.45) is 3.42. The van der Waals surface area contributed by atoms with Crippen molar-refractivity contribution in [1.29, 1.82) is 0 Å². The molecule has 0 spiro atoms. The molecule has 18 heavy (non-hydrogen) atoms. The lowest BCUT2D eigenvalue weighted by Gasteiger charge is -2.02. The van der Waals surface area contributed by atoms with E-state index in [0.717, 1.165) is 5.56 Å². The second-order valence-corrected chi connectivity index (χ2v) is 4.43. The molecular weight excluding hydrogens is 220 g/mol. The molecule has 0 amide bonds. The van der Waals surface area contributed by atoms with Crippen molar-refractivity contribution >= 4 is 11.9 Å². The summed E-state index contributed by atoms with van der Waals surface area (Å²) in [4.78, 5) is 10.9. The van der Waals surface area contributed by atoms with E-state index in [0.29, 0.717) is 0 Å². The molecule has 0 aliphatic heterocycles. The van der Waals surface area contributed by atoms with Crippen LogP contribution in [0.5, 0.6) is 0 Å². The molecule has 0 aromatic heterocycles. The van der Waals surface area contributed by atoms with E-state index in [1.807, 2.05) is 18.2 Å². The van der Waals surface area contributed by atoms with Gasteiger partial charge >= 0.3 is 0 Å². The molecule has 0 saturated heterocycles.